The number of carbonyl (C=O) groups excluding carboxylic acids is 3. The standard InChI is InChI=1S/C20H25NO5/c1-4-7-9-14-17(22)21(15-16-12-10-8-11-13-16)18(19(23)25-5-2)20(24)26-6-3/h8,10-13,18H,4-6,14-15H2,1-3H3. The van der Waals surface area contributed by atoms with Crippen molar-refractivity contribution in [3.05, 3.63) is 35.9 Å². The molecule has 26 heavy (non-hydrogen) atoms. The molecule has 0 aliphatic rings. The molecule has 0 atom stereocenters. The Morgan fingerprint density at radius 2 is 1.54 bits per heavy atom. The van der Waals surface area contributed by atoms with E-state index in [1.807, 2.05) is 37.3 Å². The average molecular weight is 359 g/mol. The van der Waals surface area contributed by atoms with Gasteiger partial charge >= 0.3 is 11.9 Å². The van der Waals surface area contributed by atoms with Crippen LogP contribution in [0.5, 0.6) is 0 Å². The molecule has 0 saturated heterocycles. The molecule has 0 aromatic heterocycles. The highest BCUT2D eigenvalue weighted by Gasteiger charge is 2.38. The molecule has 0 spiro atoms. The average Bonchev–Trinajstić information content (AvgIpc) is 2.62. The van der Waals surface area contributed by atoms with Gasteiger partial charge in [0.25, 0.3) is 0 Å². The van der Waals surface area contributed by atoms with Gasteiger partial charge in [-0.2, -0.15) is 0 Å². The molecule has 0 aliphatic heterocycles. The first kappa shape index (κ1) is 21.2. The van der Waals surface area contributed by atoms with E-state index in [1.54, 1.807) is 13.8 Å². The molecule has 0 heterocycles. The van der Waals surface area contributed by atoms with Gasteiger partial charge in [0.2, 0.25) is 11.9 Å². The maximum absolute atomic E-state index is 12.7. The number of hydrogen-bond donors (Lipinski definition) is 0. The van der Waals surface area contributed by atoms with Crippen LogP contribution in [0.15, 0.2) is 30.3 Å². The number of nitrogens with zero attached hydrogens (tertiary/aromatic N) is 1. The predicted octanol–water partition coefficient (Wildman–Crippen LogP) is 2.31. The summed E-state index contributed by atoms with van der Waals surface area (Å²) in [5.74, 6) is 3.52. The van der Waals surface area contributed by atoms with Gasteiger partial charge in [0.15, 0.2) is 0 Å². The van der Waals surface area contributed by atoms with E-state index < -0.39 is 23.9 Å². The van der Waals surface area contributed by atoms with Crippen LogP contribution in [0, 0.1) is 11.8 Å². The minimum Gasteiger partial charge on any atom is -0.464 e. The van der Waals surface area contributed by atoms with Crippen molar-refractivity contribution >= 4 is 17.8 Å². The van der Waals surface area contributed by atoms with Crippen LogP contribution in [0.4, 0.5) is 0 Å². The van der Waals surface area contributed by atoms with Crippen LogP contribution in [-0.2, 0) is 30.4 Å². The van der Waals surface area contributed by atoms with Crippen molar-refractivity contribution in [2.45, 2.75) is 46.2 Å². The number of hydrogen-bond acceptors (Lipinski definition) is 5. The molecule has 0 saturated carbocycles. The lowest BCUT2D eigenvalue weighted by molar-refractivity contribution is -0.168. The molecule has 0 fully saturated rings. The lowest BCUT2D eigenvalue weighted by atomic mass is 10.1. The Morgan fingerprint density at radius 1 is 0.962 bits per heavy atom. The van der Waals surface area contributed by atoms with E-state index in [9.17, 15) is 14.4 Å². The van der Waals surface area contributed by atoms with Crippen LogP contribution in [0.1, 0.15) is 39.2 Å². The highest BCUT2D eigenvalue weighted by atomic mass is 16.6. The first-order valence-electron chi connectivity index (χ1n) is 8.67. The zero-order valence-electron chi connectivity index (χ0n) is 15.5. The maximum Gasteiger partial charge on any atom is 0.340 e. The summed E-state index contributed by atoms with van der Waals surface area (Å²) in [6, 6.07) is 7.65. The van der Waals surface area contributed by atoms with Gasteiger partial charge in [-0.1, -0.05) is 43.2 Å². The summed E-state index contributed by atoms with van der Waals surface area (Å²) in [6.07, 6.45) is 0.529. The van der Waals surface area contributed by atoms with Gasteiger partial charge in [-0.25, -0.2) is 9.59 Å². The van der Waals surface area contributed by atoms with E-state index >= 15 is 0 Å². The smallest absolute Gasteiger partial charge is 0.340 e. The minimum atomic E-state index is -1.45. The highest BCUT2D eigenvalue weighted by molar-refractivity contribution is 6.02. The second-order valence-electron chi connectivity index (χ2n) is 5.30. The van der Waals surface area contributed by atoms with Crippen molar-refractivity contribution in [2.24, 2.45) is 0 Å². The van der Waals surface area contributed by atoms with Crippen LogP contribution in [0.2, 0.25) is 0 Å². The van der Waals surface area contributed by atoms with Gasteiger partial charge in [-0.15, -0.1) is 5.92 Å². The summed E-state index contributed by atoms with van der Waals surface area (Å²) < 4.78 is 9.99. The third-order valence-electron chi connectivity index (χ3n) is 3.39. The fraction of sp³-hybridized carbons (Fsp3) is 0.450. The maximum atomic E-state index is 12.7. The number of amides is 1. The minimum absolute atomic E-state index is 0.0791. The Balaban J connectivity index is 3.19. The molecule has 1 rings (SSSR count). The van der Waals surface area contributed by atoms with Crippen molar-refractivity contribution in [1.82, 2.24) is 4.90 Å². The summed E-state index contributed by atoms with van der Waals surface area (Å²) in [5, 5.41) is 0. The van der Waals surface area contributed by atoms with Crippen LogP contribution in [0.3, 0.4) is 0 Å². The molecule has 1 amide bonds. The molecule has 6 heteroatoms. The fourth-order valence-corrected chi connectivity index (χ4v) is 2.26. The normalized spacial score (nSPS) is 9.85. The first-order chi connectivity index (χ1) is 12.5. The van der Waals surface area contributed by atoms with E-state index in [4.69, 9.17) is 9.47 Å². The van der Waals surface area contributed by atoms with Gasteiger partial charge in [-0.3, -0.25) is 4.79 Å². The van der Waals surface area contributed by atoms with Gasteiger partial charge in [0.05, 0.1) is 19.6 Å². The van der Waals surface area contributed by atoms with Gasteiger partial charge < -0.3 is 14.4 Å². The van der Waals surface area contributed by atoms with Crippen molar-refractivity contribution in [3.8, 4) is 11.8 Å². The summed E-state index contributed by atoms with van der Waals surface area (Å²) in [4.78, 5) is 38.6. The highest BCUT2D eigenvalue weighted by Crippen LogP contribution is 2.13. The first-order valence-corrected chi connectivity index (χ1v) is 8.67. The molecule has 140 valence electrons. The van der Waals surface area contributed by atoms with E-state index in [-0.39, 0.29) is 26.2 Å². The van der Waals surface area contributed by atoms with Gasteiger partial charge in [0.1, 0.15) is 0 Å². The Morgan fingerprint density at radius 3 is 2.04 bits per heavy atom. The number of esters is 2. The number of ether oxygens (including phenoxy) is 2. The van der Waals surface area contributed by atoms with Crippen molar-refractivity contribution < 1.29 is 23.9 Å². The molecule has 6 nitrogen and oxygen atoms in total. The topological polar surface area (TPSA) is 72.9 Å². The SMILES string of the molecule is CCC#CCC(=O)N(Cc1ccccc1)C(C(=O)OCC)C(=O)OCC. The van der Waals surface area contributed by atoms with Crippen molar-refractivity contribution in [2.75, 3.05) is 13.2 Å². The van der Waals surface area contributed by atoms with E-state index in [0.717, 1.165) is 5.56 Å². The second-order valence-corrected chi connectivity index (χ2v) is 5.30. The van der Waals surface area contributed by atoms with Crippen molar-refractivity contribution in [1.29, 1.82) is 0 Å². The van der Waals surface area contributed by atoms with Crippen molar-refractivity contribution in [3.63, 3.8) is 0 Å². The second kappa shape index (κ2) is 11.7. The van der Waals surface area contributed by atoms with E-state index in [0.29, 0.717) is 6.42 Å². The number of rotatable bonds is 8. The Hall–Kier alpha value is -2.81. The number of carbonyl (C=O) groups is 3. The third-order valence-corrected chi connectivity index (χ3v) is 3.39. The van der Waals surface area contributed by atoms with Crippen LogP contribution >= 0.6 is 0 Å². The summed E-state index contributed by atoms with van der Waals surface area (Å²) in [5.41, 5.74) is 0.780. The quantitative estimate of drug-likeness (QED) is 0.405. The van der Waals surface area contributed by atoms with Crippen LogP contribution < -0.4 is 0 Å². The van der Waals surface area contributed by atoms with Gasteiger partial charge in [-0.05, 0) is 19.4 Å². The molecule has 0 radical (unpaired) electrons. The van der Waals surface area contributed by atoms with E-state index in [1.165, 1.54) is 4.90 Å². The molecule has 0 N–H and O–H groups in total. The van der Waals surface area contributed by atoms with Gasteiger partial charge in [0, 0.05) is 13.0 Å². The molecular formula is C20H25NO5. The molecular weight excluding hydrogens is 334 g/mol. The number of benzene rings is 1. The molecule has 0 unspecified atom stereocenters. The van der Waals surface area contributed by atoms with E-state index in [2.05, 4.69) is 11.8 Å². The summed E-state index contributed by atoms with van der Waals surface area (Å²) >= 11 is 0. The monoisotopic (exact) mass is 359 g/mol. The summed E-state index contributed by atoms with van der Waals surface area (Å²) in [6.45, 7) is 5.41. The van der Waals surface area contributed by atoms with Crippen LogP contribution in [-0.4, -0.2) is 42.0 Å². The Labute approximate surface area is 154 Å². The Bertz CT molecular complexity index is 642. The molecule has 0 bridgehead atoms. The molecule has 1 aromatic carbocycles. The fourth-order valence-electron chi connectivity index (χ4n) is 2.26. The zero-order valence-corrected chi connectivity index (χ0v) is 15.5. The zero-order chi connectivity index (χ0) is 19.4. The molecule has 0 aliphatic carbocycles. The lowest BCUT2D eigenvalue weighted by Gasteiger charge is -2.28. The summed E-state index contributed by atoms with van der Waals surface area (Å²) in [7, 11) is 0. The van der Waals surface area contributed by atoms with Crippen LogP contribution in [0.25, 0.3) is 0 Å². The predicted molar refractivity (Wildman–Crippen MR) is 96.7 cm³/mol. The largest absolute Gasteiger partial charge is 0.464 e. The molecule has 1 aromatic rings. The Kier molecular flexibility index (Phi) is 9.55. The third kappa shape index (κ3) is 6.60. The lowest BCUT2D eigenvalue weighted by Crippen LogP contribution is -2.50.